The van der Waals surface area contributed by atoms with E-state index in [-0.39, 0.29) is 16.2 Å². The average molecular weight is 431 g/mol. The van der Waals surface area contributed by atoms with Crippen molar-refractivity contribution in [1.29, 1.82) is 0 Å². The van der Waals surface area contributed by atoms with Crippen LogP contribution in [0.15, 0.2) is 97.1 Å². The van der Waals surface area contributed by atoms with Crippen LogP contribution in [0.4, 0.5) is 0 Å². The zero-order chi connectivity index (χ0) is 23.4. The second kappa shape index (κ2) is 7.45. The van der Waals surface area contributed by atoms with Gasteiger partial charge in [-0.2, -0.15) is 0 Å². The SMILES string of the molecule is CC(C)(C)c1ccc2c(c1)-c1ccc(C(C)(C)C)cc1C2(c1ccccc1)c1ccccc1. The van der Waals surface area contributed by atoms with Gasteiger partial charge in [-0.05, 0) is 55.3 Å². The molecule has 0 saturated heterocycles. The molecule has 1 aliphatic rings. The number of rotatable bonds is 2. The Kier molecular flexibility index (Phi) is 4.90. The Balaban J connectivity index is 1.95. The number of hydrogen-bond donors (Lipinski definition) is 0. The highest BCUT2D eigenvalue weighted by Crippen LogP contribution is 2.57. The summed E-state index contributed by atoms with van der Waals surface area (Å²) >= 11 is 0. The number of benzene rings is 4. The van der Waals surface area contributed by atoms with Gasteiger partial charge >= 0.3 is 0 Å². The summed E-state index contributed by atoms with van der Waals surface area (Å²) in [6, 6.07) is 36.5. The highest BCUT2D eigenvalue weighted by molar-refractivity contribution is 5.87. The summed E-state index contributed by atoms with van der Waals surface area (Å²) in [6.07, 6.45) is 0. The van der Waals surface area contributed by atoms with Crippen LogP contribution in [0.1, 0.15) is 74.9 Å². The fraction of sp³-hybridized carbons (Fsp3) is 0.273. The monoisotopic (exact) mass is 430 g/mol. The standard InChI is InChI=1S/C33H34/c1-31(2,3)25-18-20-29-28(21-25)27-19-17-26(32(4,5)6)22-30(27)33(29,23-13-9-7-10-14-23)24-15-11-8-12-16-24/h7-22H,1-6H3. The van der Waals surface area contributed by atoms with Crippen LogP contribution < -0.4 is 0 Å². The van der Waals surface area contributed by atoms with E-state index in [0.717, 1.165) is 0 Å². The molecule has 0 fully saturated rings. The van der Waals surface area contributed by atoms with Crippen LogP contribution in [0, 0.1) is 0 Å². The minimum Gasteiger partial charge on any atom is -0.0622 e. The summed E-state index contributed by atoms with van der Waals surface area (Å²) in [5, 5.41) is 0. The van der Waals surface area contributed by atoms with Gasteiger partial charge in [0.25, 0.3) is 0 Å². The van der Waals surface area contributed by atoms with Gasteiger partial charge in [0.2, 0.25) is 0 Å². The van der Waals surface area contributed by atoms with Gasteiger partial charge in [-0.15, -0.1) is 0 Å². The van der Waals surface area contributed by atoms with Crippen molar-refractivity contribution in [2.45, 2.75) is 57.8 Å². The van der Waals surface area contributed by atoms with Crippen LogP contribution in [-0.2, 0) is 16.2 Å². The van der Waals surface area contributed by atoms with Gasteiger partial charge in [0, 0.05) is 0 Å². The Morgan fingerprint density at radius 3 is 1.45 bits per heavy atom. The van der Waals surface area contributed by atoms with Crippen LogP contribution in [0.3, 0.4) is 0 Å². The lowest BCUT2D eigenvalue weighted by Gasteiger charge is -2.35. The summed E-state index contributed by atoms with van der Waals surface area (Å²) in [4.78, 5) is 0. The molecule has 166 valence electrons. The molecule has 0 unspecified atom stereocenters. The fourth-order valence-electron chi connectivity index (χ4n) is 5.43. The molecular weight excluding hydrogens is 396 g/mol. The van der Waals surface area contributed by atoms with E-state index in [1.807, 2.05) is 0 Å². The maximum atomic E-state index is 2.48. The highest BCUT2D eigenvalue weighted by atomic mass is 14.5. The summed E-state index contributed by atoms with van der Waals surface area (Å²) in [6.45, 7) is 13.8. The molecule has 0 heterocycles. The Labute approximate surface area is 199 Å². The predicted molar refractivity (Wildman–Crippen MR) is 141 cm³/mol. The predicted octanol–water partition coefficient (Wildman–Crippen LogP) is 8.64. The second-order valence-corrected chi connectivity index (χ2v) is 11.5. The molecule has 0 saturated carbocycles. The van der Waals surface area contributed by atoms with Gasteiger partial charge in [0.1, 0.15) is 0 Å². The van der Waals surface area contributed by atoms with Crippen LogP contribution in [-0.4, -0.2) is 0 Å². The fourth-order valence-corrected chi connectivity index (χ4v) is 5.43. The zero-order valence-electron chi connectivity index (χ0n) is 20.7. The quantitative estimate of drug-likeness (QED) is 0.263. The molecule has 0 bridgehead atoms. The number of hydrogen-bond acceptors (Lipinski definition) is 0. The summed E-state index contributed by atoms with van der Waals surface area (Å²) in [5.74, 6) is 0. The molecule has 0 atom stereocenters. The Morgan fingerprint density at radius 2 is 0.939 bits per heavy atom. The average Bonchev–Trinajstić information content (AvgIpc) is 3.09. The van der Waals surface area contributed by atoms with E-state index in [1.165, 1.54) is 44.5 Å². The van der Waals surface area contributed by atoms with Crippen LogP contribution in [0.2, 0.25) is 0 Å². The molecule has 1 aliphatic carbocycles. The molecule has 33 heavy (non-hydrogen) atoms. The second-order valence-electron chi connectivity index (χ2n) is 11.5. The smallest absolute Gasteiger partial charge is 0.0622 e. The normalized spacial score (nSPS) is 14.6. The lowest BCUT2D eigenvalue weighted by atomic mass is 9.67. The first-order chi connectivity index (χ1) is 15.6. The first-order valence-electron chi connectivity index (χ1n) is 12.0. The molecule has 4 aromatic carbocycles. The molecular formula is C33H34. The first-order valence-corrected chi connectivity index (χ1v) is 12.0. The molecule has 0 N–H and O–H groups in total. The van der Waals surface area contributed by atoms with Crippen LogP contribution in [0.5, 0.6) is 0 Å². The topological polar surface area (TPSA) is 0 Å². The molecule has 0 radical (unpaired) electrons. The maximum absolute atomic E-state index is 2.48. The van der Waals surface area contributed by atoms with E-state index < -0.39 is 0 Å². The minimum atomic E-state index is -0.329. The van der Waals surface area contributed by atoms with Gasteiger partial charge in [-0.25, -0.2) is 0 Å². The molecule has 5 rings (SSSR count). The Morgan fingerprint density at radius 1 is 0.455 bits per heavy atom. The summed E-state index contributed by atoms with van der Waals surface area (Å²) < 4.78 is 0. The molecule has 0 amide bonds. The first kappa shape index (κ1) is 21.7. The van der Waals surface area contributed by atoms with Crippen molar-refractivity contribution in [3.05, 3.63) is 130 Å². The van der Waals surface area contributed by atoms with Gasteiger partial charge < -0.3 is 0 Å². The van der Waals surface area contributed by atoms with E-state index in [4.69, 9.17) is 0 Å². The van der Waals surface area contributed by atoms with Crippen molar-refractivity contribution in [3.8, 4) is 11.1 Å². The van der Waals surface area contributed by atoms with Crippen LogP contribution >= 0.6 is 0 Å². The van der Waals surface area contributed by atoms with Gasteiger partial charge in [0.15, 0.2) is 0 Å². The largest absolute Gasteiger partial charge is 0.0713 e. The van der Waals surface area contributed by atoms with E-state index in [0.29, 0.717) is 0 Å². The Hall–Kier alpha value is -3.12. The van der Waals surface area contributed by atoms with E-state index in [1.54, 1.807) is 0 Å². The van der Waals surface area contributed by atoms with Crippen molar-refractivity contribution in [2.24, 2.45) is 0 Å². The Bertz CT molecular complexity index is 1260. The van der Waals surface area contributed by atoms with Crippen molar-refractivity contribution < 1.29 is 0 Å². The molecule has 4 aromatic rings. The van der Waals surface area contributed by atoms with Crippen molar-refractivity contribution >= 4 is 0 Å². The highest BCUT2D eigenvalue weighted by Gasteiger charge is 2.46. The summed E-state index contributed by atoms with van der Waals surface area (Å²) in [7, 11) is 0. The van der Waals surface area contributed by atoms with E-state index >= 15 is 0 Å². The number of fused-ring (bicyclic) bond motifs is 3. The van der Waals surface area contributed by atoms with Crippen molar-refractivity contribution in [3.63, 3.8) is 0 Å². The van der Waals surface area contributed by atoms with Crippen molar-refractivity contribution in [1.82, 2.24) is 0 Å². The van der Waals surface area contributed by atoms with Crippen molar-refractivity contribution in [2.75, 3.05) is 0 Å². The van der Waals surface area contributed by atoms with Gasteiger partial charge in [-0.1, -0.05) is 139 Å². The lowest BCUT2D eigenvalue weighted by molar-refractivity contribution is 0.587. The molecule has 0 aromatic heterocycles. The molecule has 0 aliphatic heterocycles. The van der Waals surface area contributed by atoms with Gasteiger partial charge in [-0.3, -0.25) is 0 Å². The van der Waals surface area contributed by atoms with E-state index in [2.05, 4.69) is 139 Å². The third-order valence-electron chi connectivity index (χ3n) is 7.28. The minimum absolute atomic E-state index is 0.0828. The van der Waals surface area contributed by atoms with E-state index in [9.17, 15) is 0 Å². The molecule has 0 nitrogen and oxygen atoms in total. The maximum Gasteiger partial charge on any atom is 0.0713 e. The lowest BCUT2D eigenvalue weighted by Crippen LogP contribution is -2.29. The molecule has 0 spiro atoms. The van der Waals surface area contributed by atoms with Gasteiger partial charge in [0.05, 0.1) is 5.41 Å². The third kappa shape index (κ3) is 3.35. The summed E-state index contributed by atoms with van der Waals surface area (Å²) in [5.41, 5.74) is 10.8. The molecule has 0 heteroatoms. The van der Waals surface area contributed by atoms with Crippen LogP contribution in [0.25, 0.3) is 11.1 Å². The third-order valence-corrected chi connectivity index (χ3v) is 7.28. The zero-order valence-corrected chi connectivity index (χ0v) is 20.7.